The zero-order valence-corrected chi connectivity index (χ0v) is 17.3. The molecule has 0 aromatic heterocycles. The maximum absolute atomic E-state index is 13.6. The predicted octanol–water partition coefficient (Wildman–Crippen LogP) is 1.38. The number of halogens is 1. The van der Waals surface area contributed by atoms with E-state index >= 15 is 0 Å². The van der Waals surface area contributed by atoms with Gasteiger partial charge in [-0.2, -0.15) is 5.26 Å². The Bertz CT molecular complexity index is 1050. The lowest BCUT2D eigenvalue weighted by Gasteiger charge is -2.34. The number of nitrogens with zero attached hydrogens (tertiary/aromatic N) is 2. The molecule has 0 aliphatic carbocycles. The number of rotatable bonds is 3. The minimum absolute atomic E-state index is 0.213. The lowest BCUT2D eigenvalue weighted by molar-refractivity contribution is -0.141. The van der Waals surface area contributed by atoms with E-state index in [1.807, 2.05) is 6.07 Å². The Labute approximate surface area is 174 Å². The molecule has 0 saturated carbocycles. The molecule has 0 bridgehead atoms. The molecule has 2 aliphatic heterocycles. The lowest BCUT2D eigenvalue weighted by Crippen LogP contribution is -2.48. The molecule has 0 unspecified atom stereocenters. The number of likely N-dealkylation sites (N-methyl/N-ethyl adjacent to an activating group) is 1. The second kappa shape index (κ2) is 7.25. The Morgan fingerprint density at radius 2 is 2.03 bits per heavy atom. The fraction of sp³-hybridized carbons (Fsp3) is 0.263. The molecular formula is C19H16BrN3O6. The number of ether oxygens (including phenoxy) is 3. The Balaban J connectivity index is 2.47. The third-order valence-corrected chi connectivity index (χ3v) is 5.38. The largest absolute Gasteiger partial charge is 0.469 e. The average Bonchev–Trinajstić information content (AvgIpc) is 2.90. The smallest absolute Gasteiger partial charge is 0.339 e. The van der Waals surface area contributed by atoms with Gasteiger partial charge in [0.15, 0.2) is 5.41 Å². The van der Waals surface area contributed by atoms with Crippen molar-refractivity contribution in [2.75, 3.05) is 26.2 Å². The molecule has 2 aliphatic rings. The van der Waals surface area contributed by atoms with Gasteiger partial charge in [-0.25, -0.2) is 4.79 Å². The summed E-state index contributed by atoms with van der Waals surface area (Å²) in [6.07, 6.45) is -0.484. The van der Waals surface area contributed by atoms with Crippen molar-refractivity contribution in [3.63, 3.8) is 0 Å². The van der Waals surface area contributed by atoms with Crippen LogP contribution in [0.2, 0.25) is 0 Å². The normalized spacial score (nSPS) is 20.4. The number of nitriles is 1. The first-order chi connectivity index (χ1) is 13.7. The van der Waals surface area contributed by atoms with Crippen molar-refractivity contribution in [1.82, 2.24) is 0 Å². The van der Waals surface area contributed by atoms with Gasteiger partial charge in [-0.1, -0.05) is 15.9 Å². The SMILES string of the molecule is COC(=O)CC1=C(C(=O)OC)[C@]2(C(=O)N(C)c3ccc(Br)cc32)C(C#N)=C(N)O1. The van der Waals surface area contributed by atoms with E-state index in [0.29, 0.717) is 15.7 Å². The summed E-state index contributed by atoms with van der Waals surface area (Å²) in [5.74, 6) is -2.85. The Morgan fingerprint density at radius 1 is 1.34 bits per heavy atom. The van der Waals surface area contributed by atoms with Crippen molar-refractivity contribution in [3.05, 3.63) is 51.0 Å². The van der Waals surface area contributed by atoms with Crippen molar-refractivity contribution in [2.24, 2.45) is 5.73 Å². The van der Waals surface area contributed by atoms with Gasteiger partial charge in [-0.15, -0.1) is 0 Å². The maximum Gasteiger partial charge on any atom is 0.339 e. The number of hydrogen-bond donors (Lipinski definition) is 1. The molecule has 0 fully saturated rings. The van der Waals surface area contributed by atoms with Crippen molar-refractivity contribution in [2.45, 2.75) is 11.8 Å². The lowest BCUT2D eigenvalue weighted by atomic mass is 9.68. The summed E-state index contributed by atoms with van der Waals surface area (Å²) in [5.41, 5.74) is 4.32. The molecule has 1 aromatic carbocycles. The number of benzene rings is 1. The molecule has 9 nitrogen and oxygen atoms in total. The minimum atomic E-state index is -1.92. The highest BCUT2D eigenvalue weighted by molar-refractivity contribution is 9.10. The van der Waals surface area contributed by atoms with E-state index in [1.165, 1.54) is 19.1 Å². The minimum Gasteiger partial charge on any atom is -0.469 e. The second-order valence-corrected chi connectivity index (χ2v) is 7.19. The van der Waals surface area contributed by atoms with Gasteiger partial charge < -0.3 is 24.8 Å². The van der Waals surface area contributed by atoms with E-state index in [9.17, 15) is 19.6 Å². The number of amides is 1. The van der Waals surface area contributed by atoms with Gasteiger partial charge in [-0.05, 0) is 18.2 Å². The second-order valence-electron chi connectivity index (χ2n) is 6.27. The first kappa shape index (κ1) is 20.4. The van der Waals surface area contributed by atoms with Crippen LogP contribution in [0.3, 0.4) is 0 Å². The summed E-state index contributed by atoms with van der Waals surface area (Å²) in [6.45, 7) is 0. The standard InChI is InChI=1S/C19H16BrN3O6/c1-23-12-5-4-9(20)6-10(12)19(18(23)26)11(8-21)16(22)29-13(7-14(24)27-2)15(19)17(25)28-3/h4-6H,7,22H2,1-3H3/t19-/m1/s1. The first-order valence-corrected chi connectivity index (χ1v) is 9.08. The topological polar surface area (TPSA) is 132 Å². The fourth-order valence-corrected chi connectivity index (χ4v) is 4.01. The number of anilines is 1. The predicted molar refractivity (Wildman–Crippen MR) is 103 cm³/mol. The number of nitrogens with two attached hydrogens (primary N) is 1. The van der Waals surface area contributed by atoms with Crippen LogP contribution in [0.4, 0.5) is 5.69 Å². The number of fused-ring (bicyclic) bond motifs is 2. The van der Waals surface area contributed by atoms with Crippen LogP contribution < -0.4 is 10.6 Å². The molecule has 1 spiro atoms. The molecule has 10 heteroatoms. The summed E-state index contributed by atoms with van der Waals surface area (Å²) in [4.78, 5) is 39.7. The number of hydrogen-bond acceptors (Lipinski definition) is 8. The molecule has 1 amide bonds. The third kappa shape index (κ3) is 2.77. The average molecular weight is 462 g/mol. The molecule has 29 heavy (non-hydrogen) atoms. The molecule has 150 valence electrons. The zero-order valence-electron chi connectivity index (χ0n) is 15.7. The molecule has 2 N–H and O–H groups in total. The van der Waals surface area contributed by atoms with Crippen LogP contribution in [-0.2, 0) is 34.0 Å². The fourth-order valence-electron chi connectivity index (χ4n) is 3.65. The van der Waals surface area contributed by atoms with Crippen LogP contribution in [0, 0.1) is 11.3 Å². The Hall–Kier alpha value is -3.32. The van der Waals surface area contributed by atoms with Gasteiger partial charge in [0.05, 0.1) is 14.2 Å². The molecule has 1 aromatic rings. The van der Waals surface area contributed by atoms with Crippen LogP contribution >= 0.6 is 15.9 Å². The first-order valence-electron chi connectivity index (χ1n) is 8.29. The highest BCUT2D eigenvalue weighted by Gasteiger charge is 2.62. The maximum atomic E-state index is 13.6. The third-order valence-electron chi connectivity index (χ3n) is 4.89. The van der Waals surface area contributed by atoms with Crippen LogP contribution in [0.5, 0.6) is 0 Å². The Kier molecular flexibility index (Phi) is 5.11. The van der Waals surface area contributed by atoms with Gasteiger partial charge in [0, 0.05) is 22.8 Å². The highest BCUT2D eigenvalue weighted by atomic mass is 79.9. The summed E-state index contributed by atoms with van der Waals surface area (Å²) < 4.78 is 15.6. The molecule has 0 radical (unpaired) electrons. The van der Waals surface area contributed by atoms with Gasteiger partial charge in [-0.3, -0.25) is 9.59 Å². The van der Waals surface area contributed by atoms with Crippen molar-refractivity contribution in [1.29, 1.82) is 5.26 Å². The van der Waals surface area contributed by atoms with Crippen LogP contribution in [0.1, 0.15) is 12.0 Å². The van der Waals surface area contributed by atoms with Crippen LogP contribution in [0.15, 0.2) is 45.5 Å². The van der Waals surface area contributed by atoms with E-state index in [2.05, 4.69) is 20.7 Å². The van der Waals surface area contributed by atoms with Gasteiger partial charge >= 0.3 is 11.9 Å². The van der Waals surface area contributed by atoms with E-state index in [1.54, 1.807) is 18.2 Å². The quantitative estimate of drug-likeness (QED) is 0.667. The summed E-state index contributed by atoms with van der Waals surface area (Å²) in [6, 6.07) is 6.91. The van der Waals surface area contributed by atoms with E-state index < -0.39 is 29.7 Å². The van der Waals surface area contributed by atoms with Crippen LogP contribution in [-0.4, -0.2) is 39.1 Å². The van der Waals surface area contributed by atoms with Gasteiger partial charge in [0.1, 0.15) is 29.4 Å². The summed E-state index contributed by atoms with van der Waals surface area (Å²) >= 11 is 3.35. The molecule has 3 rings (SSSR count). The van der Waals surface area contributed by atoms with Gasteiger partial charge in [0.2, 0.25) is 11.8 Å². The summed E-state index contributed by atoms with van der Waals surface area (Å²) in [5, 5.41) is 9.86. The van der Waals surface area contributed by atoms with E-state index in [0.717, 1.165) is 7.11 Å². The Morgan fingerprint density at radius 3 is 2.62 bits per heavy atom. The van der Waals surface area contributed by atoms with E-state index in [4.69, 9.17) is 15.2 Å². The number of carbonyl (C=O) groups is 3. The highest BCUT2D eigenvalue weighted by Crippen LogP contribution is 2.54. The van der Waals surface area contributed by atoms with Gasteiger partial charge in [0.25, 0.3) is 0 Å². The molecular weight excluding hydrogens is 446 g/mol. The monoisotopic (exact) mass is 461 g/mol. The molecule has 2 heterocycles. The van der Waals surface area contributed by atoms with Crippen molar-refractivity contribution < 1.29 is 28.6 Å². The van der Waals surface area contributed by atoms with E-state index in [-0.39, 0.29) is 22.8 Å². The zero-order chi connectivity index (χ0) is 21.5. The van der Waals surface area contributed by atoms with Crippen LogP contribution in [0.25, 0.3) is 0 Å². The number of carbonyl (C=O) groups excluding carboxylic acids is 3. The van der Waals surface area contributed by atoms with Crippen molar-refractivity contribution >= 4 is 39.5 Å². The number of esters is 2. The summed E-state index contributed by atoms with van der Waals surface area (Å²) in [7, 11) is 3.80. The van der Waals surface area contributed by atoms with Crippen molar-refractivity contribution in [3.8, 4) is 6.07 Å². The molecule has 0 saturated heterocycles. The number of methoxy groups -OCH3 is 2. The molecule has 1 atom stereocenters.